The summed E-state index contributed by atoms with van der Waals surface area (Å²) in [6.07, 6.45) is 7.86. The first-order valence-corrected chi connectivity index (χ1v) is 11.1. The molecule has 1 heterocycles. The van der Waals surface area contributed by atoms with Crippen molar-refractivity contribution in [2.75, 3.05) is 4.90 Å². The van der Waals surface area contributed by atoms with E-state index in [2.05, 4.69) is 0 Å². The average Bonchev–Trinajstić information content (AvgIpc) is 2.69. The van der Waals surface area contributed by atoms with Gasteiger partial charge in [-0.1, -0.05) is 6.07 Å². The fourth-order valence-electron chi connectivity index (χ4n) is 6.79. The summed E-state index contributed by atoms with van der Waals surface area (Å²) in [5.74, 6) is 2.24. The summed E-state index contributed by atoms with van der Waals surface area (Å²) in [7, 11) is 0. The van der Waals surface area contributed by atoms with Crippen LogP contribution in [0.25, 0.3) is 10.8 Å². The van der Waals surface area contributed by atoms with E-state index in [-0.39, 0.29) is 17.5 Å². The van der Waals surface area contributed by atoms with E-state index in [0.717, 1.165) is 22.9 Å². The number of nitrogens with zero attached hydrogens (tertiary/aromatic N) is 2. The minimum Gasteiger partial charge on any atom is -0.368 e. The summed E-state index contributed by atoms with van der Waals surface area (Å²) < 4.78 is 1.37. The number of rotatable bonds is 4. The average molecular weight is 408 g/mol. The molecule has 1 aromatic heterocycles. The Morgan fingerprint density at radius 1 is 1.03 bits per heavy atom. The van der Waals surface area contributed by atoms with Crippen molar-refractivity contribution in [2.45, 2.75) is 58.0 Å². The monoisotopic (exact) mass is 407 g/mol. The Balaban J connectivity index is 1.62. The molecule has 0 spiro atoms. The highest BCUT2D eigenvalue weighted by Gasteiger charge is 2.51. The van der Waals surface area contributed by atoms with E-state index in [1.165, 1.54) is 36.7 Å². The topological polar surface area (TPSA) is 85.4 Å². The summed E-state index contributed by atoms with van der Waals surface area (Å²) in [6.45, 7) is 3.26. The fourth-order valence-corrected chi connectivity index (χ4v) is 6.79. The zero-order valence-corrected chi connectivity index (χ0v) is 17.6. The van der Waals surface area contributed by atoms with Gasteiger partial charge in [-0.3, -0.25) is 14.4 Å². The third-order valence-corrected chi connectivity index (χ3v) is 7.85. The van der Waals surface area contributed by atoms with Gasteiger partial charge in [0.15, 0.2) is 0 Å². The summed E-state index contributed by atoms with van der Waals surface area (Å²) in [5, 5.41) is 1.28. The van der Waals surface area contributed by atoms with Gasteiger partial charge >= 0.3 is 0 Å². The van der Waals surface area contributed by atoms with Crippen molar-refractivity contribution in [3.63, 3.8) is 0 Å². The van der Waals surface area contributed by atoms with Crippen molar-refractivity contribution in [3.05, 3.63) is 40.8 Å². The standard InChI is InChI=1S/C24H29N3O3/c1-13(23(25)29)26-7-6-19-20(24(26)30)4-3-5-21(19)27(14(2)28)22-17-9-15-8-16(11-17)12-18(22)10-15/h3-7,13,15-18,22H,8-12H2,1-2H3,(H2,25,29)/t13-,15?,16?,17?,18?,22?/m0/s1. The second kappa shape index (κ2) is 6.96. The molecule has 30 heavy (non-hydrogen) atoms. The first-order valence-electron chi connectivity index (χ1n) is 11.1. The predicted octanol–water partition coefficient (Wildman–Crippen LogP) is 3.23. The Kier molecular flexibility index (Phi) is 4.49. The van der Waals surface area contributed by atoms with E-state index in [9.17, 15) is 14.4 Å². The van der Waals surface area contributed by atoms with Crippen LogP contribution in [0.1, 0.15) is 52.0 Å². The zero-order valence-electron chi connectivity index (χ0n) is 17.6. The number of fused-ring (bicyclic) bond motifs is 1. The molecular weight excluding hydrogens is 378 g/mol. The van der Waals surface area contributed by atoms with E-state index in [4.69, 9.17) is 5.73 Å². The Labute approximate surface area is 176 Å². The molecule has 2 amide bonds. The van der Waals surface area contributed by atoms with Gasteiger partial charge in [-0.15, -0.1) is 0 Å². The molecule has 6 rings (SSSR count). The first kappa shape index (κ1) is 19.3. The third-order valence-electron chi connectivity index (χ3n) is 7.85. The van der Waals surface area contributed by atoms with Gasteiger partial charge in [-0.05, 0) is 80.9 Å². The lowest BCUT2D eigenvalue weighted by Gasteiger charge is -2.57. The smallest absolute Gasteiger partial charge is 0.259 e. The predicted molar refractivity (Wildman–Crippen MR) is 116 cm³/mol. The summed E-state index contributed by atoms with van der Waals surface area (Å²) in [6, 6.07) is 6.89. The highest BCUT2D eigenvalue weighted by atomic mass is 16.2. The molecule has 2 aromatic rings. The molecule has 0 radical (unpaired) electrons. The SMILES string of the molecule is CC(=O)N(c1cccc2c(=O)n([C@@H](C)C(N)=O)ccc12)C1C2CC3CC(C2)CC1C3. The molecule has 6 heteroatoms. The molecule has 0 unspecified atom stereocenters. The van der Waals surface area contributed by atoms with Crippen molar-refractivity contribution in [2.24, 2.45) is 29.4 Å². The first-order chi connectivity index (χ1) is 14.3. The van der Waals surface area contributed by atoms with Gasteiger partial charge in [0, 0.05) is 29.9 Å². The second-order valence-corrected chi connectivity index (χ2v) is 9.66. The molecule has 0 saturated heterocycles. The van der Waals surface area contributed by atoms with Gasteiger partial charge in [0.1, 0.15) is 6.04 Å². The molecule has 4 fully saturated rings. The molecule has 158 valence electrons. The van der Waals surface area contributed by atoms with Crippen LogP contribution < -0.4 is 16.2 Å². The molecule has 6 nitrogen and oxygen atoms in total. The zero-order chi connectivity index (χ0) is 21.2. The Hall–Kier alpha value is -2.63. The highest BCUT2D eigenvalue weighted by Crippen LogP contribution is 2.55. The maximum absolute atomic E-state index is 13.1. The quantitative estimate of drug-likeness (QED) is 0.844. The minimum atomic E-state index is -0.723. The lowest BCUT2D eigenvalue weighted by atomic mass is 9.53. The highest BCUT2D eigenvalue weighted by molar-refractivity contribution is 6.03. The van der Waals surface area contributed by atoms with Gasteiger partial charge in [-0.25, -0.2) is 0 Å². The number of aromatic nitrogens is 1. The van der Waals surface area contributed by atoms with Crippen molar-refractivity contribution < 1.29 is 9.59 Å². The molecule has 2 N–H and O–H groups in total. The second-order valence-electron chi connectivity index (χ2n) is 9.66. The van der Waals surface area contributed by atoms with Crippen LogP contribution in [0.2, 0.25) is 0 Å². The van der Waals surface area contributed by atoms with E-state index in [0.29, 0.717) is 17.2 Å². The lowest BCUT2D eigenvalue weighted by molar-refractivity contribution is -0.121. The Morgan fingerprint density at radius 3 is 2.23 bits per heavy atom. The molecule has 0 aliphatic heterocycles. The molecule has 1 aromatic carbocycles. The van der Waals surface area contributed by atoms with Gasteiger partial charge in [0.25, 0.3) is 5.56 Å². The number of carbonyl (C=O) groups excluding carboxylic acids is 2. The van der Waals surface area contributed by atoms with Crippen molar-refractivity contribution in [1.82, 2.24) is 4.57 Å². The molecule has 4 saturated carbocycles. The number of hydrogen-bond donors (Lipinski definition) is 1. The summed E-state index contributed by atoms with van der Waals surface area (Å²) in [4.78, 5) is 39.6. The van der Waals surface area contributed by atoms with Crippen LogP contribution in [0.3, 0.4) is 0 Å². The normalized spacial score (nSPS) is 30.4. The van der Waals surface area contributed by atoms with Crippen LogP contribution in [0.4, 0.5) is 5.69 Å². The van der Waals surface area contributed by atoms with Gasteiger partial charge in [0.2, 0.25) is 11.8 Å². The number of pyridine rings is 1. The van der Waals surface area contributed by atoms with E-state index >= 15 is 0 Å². The van der Waals surface area contributed by atoms with Crippen LogP contribution in [0, 0.1) is 23.7 Å². The van der Waals surface area contributed by atoms with E-state index in [1.807, 2.05) is 23.1 Å². The number of amides is 2. The number of benzene rings is 1. The number of hydrogen-bond acceptors (Lipinski definition) is 3. The van der Waals surface area contributed by atoms with Crippen LogP contribution in [-0.4, -0.2) is 22.4 Å². The molecular formula is C24H29N3O3. The summed E-state index contributed by atoms with van der Waals surface area (Å²) in [5.41, 5.74) is 5.97. The van der Waals surface area contributed by atoms with Crippen LogP contribution >= 0.6 is 0 Å². The van der Waals surface area contributed by atoms with Crippen molar-refractivity contribution in [1.29, 1.82) is 0 Å². The fraction of sp³-hybridized carbons (Fsp3) is 0.542. The van der Waals surface area contributed by atoms with Crippen LogP contribution in [0.5, 0.6) is 0 Å². The van der Waals surface area contributed by atoms with E-state index in [1.54, 1.807) is 26.1 Å². The van der Waals surface area contributed by atoms with Gasteiger partial charge in [-0.2, -0.15) is 0 Å². The van der Waals surface area contributed by atoms with Crippen LogP contribution in [-0.2, 0) is 9.59 Å². The molecule has 1 atom stereocenters. The lowest BCUT2D eigenvalue weighted by Crippen LogP contribution is -2.57. The van der Waals surface area contributed by atoms with Gasteiger partial charge < -0.3 is 15.2 Å². The molecule has 4 bridgehead atoms. The maximum Gasteiger partial charge on any atom is 0.259 e. The van der Waals surface area contributed by atoms with Crippen LogP contribution in [0.15, 0.2) is 35.3 Å². The Morgan fingerprint density at radius 2 is 1.67 bits per heavy atom. The molecule has 4 aliphatic rings. The van der Waals surface area contributed by atoms with Crippen molar-refractivity contribution in [3.8, 4) is 0 Å². The van der Waals surface area contributed by atoms with Crippen molar-refractivity contribution >= 4 is 28.3 Å². The number of primary amides is 1. The third kappa shape index (κ3) is 2.88. The van der Waals surface area contributed by atoms with E-state index < -0.39 is 11.9 Å². The number of anilines is 1. The van der Waals surface area contributed by atoms with Gasteiger partial charge in [0.05, 0.1) is 5.69 Å². The molecule has 4 aliphatic carbocycles. The maximum atomic E-state index is 13.1. The Bertz CT molecular complexity index is 1060. The summed E-state index contributed by atoms with van der Waals surface area (Å²) >= 11 is 0. The minimum absolute atomic E-state index is 0.0367. The number of carbonyl (C=O) groups is 2. The largest absolute Gasteiger partial charge is 0.368 e. The number of nitrogens with two attached hydrogens (primary N) is 1.